The molecule has 10 heteroatoms. The van der Waals surface area contributed by atoms with Crippen LogP contribution in [0.25, 0.3) is 0 Å². The van der Waals surface area contributed by atoms with Crippen LogP contribution in [0.1, 0.15) is 49.9 Å². The van der Waals surface area contributed by atoms with Gasteiger partial charge in [0.2, 0.25) is 0 Å². The van der Waals surface area contributed by atoms with Crippen molar-refractivity contribution < 1.29 is 32.3 Å². The van der Waals surface area contributed by atoms with Gasteiger partial charge in [0.1, 0.15) is 5.75 Å². The second-order valence-corrected chi connectivity index (χ2v) is 10.7. The highest BCUT2D eigenvalue weighted by Crippen LogP contribution is 2.23. The second-order valence-electron chi connectivity index (χ2n) is 8.49. The van der Waals surface area contributed by atoms with E-state index < -0.39 is 34.4 Å². The summed E-state index contributed by atoms with van der Waals surface area (Å²) in [5, 5.41) is 2.56. The van der Waals surface area contributed by atoms with Gasteiger partial charge in [-0.2, -0.15) is 0 Å². The maximum atomic E-state index is 12.5. The van der Waals surface area contributed by atoms with Gasteiger partial charge in [0, 0.05) is 18.1 Å². The van der Waals surface area contributed by atoms with Gasteiger partial charge in [-0.1, -0.05) is 0 Å². The Morgan fingerprint density at radius 1 is 1.03 bits per heavy atom. The Kier molecular flexibility index (Phi) is 7.76. The van der Waals surface area contributed by atoms with Crippen LogP contribution in [-0.2, 0) is 24.2 Å². The summed E-state index contributed by atoms with van der Waals surface area (Å²) in [6, 6.07) is 6.07. The maximum Gasteiger partial charge on any atom is 0.338 e. The fourth-order valence-electron chi connectivity index (χ4n) is 4.21. The predicted molar refractivity (Wildman–Crippen MR) is 117 cm³/mol. The van der Waals surface area contributed by atoms with Crippen molar-refractivity contribution in [1.82, 2.24) is 10.2 Å². The van der Waals surface area contributed by atoms with E-state index in [2.05, 4.69) is 5.32 Å². The first kappa shape index (κ1) is 24.0. The molecular weight excluding hydrogens is 436 g/mol. The summed E-state index contributed by atoms with van der Waals surface area (Å²) < 4.78 is 33.4. The van der Waals surface area contributed by atoms with Gasteiger partial charge in [0.05, 0.1) is 17.1 Å². The number of esters is 1. The van der Waals surface area contributed by atoms with E-state index >= 15 is 0 Å². The SMILES string of the molecule is CC1CCCC(C)N1C(=O)COc1ccc(C(=O)OCC(=O)NC2CCS(=O)(=O)C2)cc1. The van der Waals surface area contributed by atoms with Gasteiger partial charge in [-0.05, 0) is 63.8 Å². The summed E-state index contributed by atoms with van der Waals surface area (Å²) in [5.41, 5.74) is 0.234. The molecule has 2 amide bonds. The number of carbonyl (C=O) groups is 3. The molecule has 2 aliphatic rings. The molecule has 0 saturated carbocycles. The van der Waals surface area contributed by atoms with Crippen LogP contribution >= 0.6 is 0 Å². The minimum absolute atomic E-state index is 0.0494. The summed E-state index contributed by atoms with van der Waals surface area (Å²) in [6.07, 6.45) is 3.46. The first-order valence-corrected chi connectivity index (χ1v) is 12.7. The standard InChI is InChI=1S/C22H30N2O7S/c1-15-4-3-5-16(2)24(15)21(26)13-30-19-8-6-17(7-9-19)22(27)31-12-20(25)23-18-10-11-32(28,29)14-18/h6-9,15-16,18H,3-5,10-14H2,1-2H3,(H,23,25). The number of nitrogens with one attached hydrogen (secondary N) is 1. The molecule has 0 spiro atoms. The number of sulfone groups is 1. The zero-order valence-electron chi connectivity index (χ0n) is 18.4. The monoisotopic (exact) mass is 466 g/mol. The molecule has 3 rings (SSSR count). The van der Waals surface area contributed by atoms with Crippen molar-refractivity contribution in [2.45, 2.75) is 57.7 Å². The van der Waals surface area contributed by atoms with E-state index in [4.69, 9.17) is 9.47 Å². The first-order valence-electron chi connectivity index (χ1n) is 10.9. The van der Waals surface area contributed by atoms with E-state index in [9.17, 15) is 22.8 Å². The first-order chi connectivity index (χ1) is 15.1. The lowest BCUT2D eigenvalue weighted by Gasteiger charge is -2.38. The van der Waals surface area contributed by atoms with Gasteiger partial charge in [0.15, 0.2) is 23.1 Å². The van der Waals surface area contributed by atoms with E-state index in [0.29, 0.717) is 12.2 Å². The smallest absolute Gasteiger partial charge is 0.338 e. The zero-order chi connectivity index (χ0) is 23.3. The number of ether oxygens (including phenoxy) is 2. The normalized spacial score (nSPS) is 24.6. The summed E-state index contributed by atoms with van der Waals surface area (Å²) in [7, 11) is -3.10. The molecule has 2 saturated heterocycles. The highest BCUT2D eigenvalue weighted by atomic mass is 32.2. The van der Waals surface area contributed by atoms with Crippen LogP contribution < -0.4 is 10.1 Å². The van der Waals surface area contributed by atoms with Crippen molar-refractivity contribution in [3.63, 3.8) is 0 Å². The van der Waals surface area contributed by atoms with E-state index in [1.54, 1.807) is 12.1 Å². The molecular formula is C22H30N2O7S. The Bertz CT molecular complexity index is 936. The second kappa shape index (κ2) is 10.3. The Hall–Kier alpha value is -2.62. The molecule has 0 aromatic heterocycles. The Balaban J connectivity index is 1.43. The van der Waals surface area contributed by atoms with Crippen LogP contribution in [-0.4, -0.2) is 73.9 Å². The van der Waals surface area contributed by atoms with Crippen molar-refractivity contribution in [1.29, 1.82) is 0 Å². The Morgan fingerprint density at radius 3 is 2.28 bits per heavy atom. The number of hydrogen-bond donors (Lipinski definition) is 1. The van der Waals surface area contributed by atoms with Gasteiger partial charge in [-0.25, -0.2) is 13.2 Å². The molecule has 176 valence electrons. The van der Waals surface area contributed by atoms with Gasteiger partial charge in [0.25, 0.3) is 11.8 Å². The third-order valence-electron chi connectivity index (χ3n) is 5.87. The van der Waals surface area contributed by atoms with E-state index in [0.717, 1.165) is 19.3 Å². The van der Waals surface area contributed by atoms with Crippen LogP contribution in [0.4, 0.5) is 0 Å². The molecule has 1 aromatic carbocycles. The van der Waals surface area contributed by atoms with Crippen molar-refractivity contribution in [2.24, 2.45) is 0 Å². The summed E-state index contributed by atoms with van der Waals surface area (Å²) in [6.45, 7) is 3.53. The number of piperidine rings is 1. The third kappa shape index (κ3) is 6.44. The third-order valence-corrected chi connectivity index (χ3v) is 7.63. The largest absolute Gasteiger partial charge is 0.484 e. The van der Waals surface area contributed by atoms with Gasteiger partial charge < -0.3 is 19.7 Å². The number of rotatable bonds is 7. The lowest BCUT2D eigenvalue weighted by molar-refractivity contribution is -0.139. The number of amides is 2. The van der Waals surface area contributed by atoms with Gasteiger partial charge in [-0.3, -0.25) is 9.59 Å². The van der Waals surface area contributed by atoms with Gasteiger partial charge in [-0.15, -0.1) is 0 Å². The highest BCUT2D eigenvalue weighted by Gasteiger charge is 2.30. The molecule has 1 N–H and O–H groups in total. The van der Waals surface area contributed by atoms with Gasteiger partial charge >= 0.3 is 5.97 Å². The average molecular weight is 467 g/mol. The lowest BCUT2D eigenvalue weighted by atomic mass is 9.97. The average Bonchev–Trinajstić information content (AvgIpc) is 3.08. The predicted octanol–water partition coefficient (Wildman–Crippen LogP) is 1.32. The van der Waals surface area contributed by atoms with Crippen LogP contribution in [0, 0.1) is 0 Å². The maximum absolute atomic E-state index is 12.5. The molecule has 2 aliphatic heterocycles. The molecule has 1 aromatic rings. The highest BCUT2D eigenvalue weighted by molar-refractivity contribution is 7.91. The molecule has 2 heterocycles. The van der Waals surface area contributed by atoms with Crippen LogP contribution in [0.3, 0.4) is 0 Å². The van der Waals surface area contributed by atoms with Crippen molar-refractivity contribution in [3.05, 3.63) is 29.8 Å². The van der Waals surface area contributed by atoms with Crippen molar-refractivity contribution in [3.8, 4) is 5.75 Å². The number of benzene rings is 1. The molecule has 0 aliphatic carbocycles. The molecule has 0 bridgehead atoms. The quantitative estimate of drug-likeness (QED) is 0.602. The Morgan fingerprint density at radius 2 is 1.69 bits per heavy atom. The van der Waals surface area contributed by atoms with Crippen LogP contribution in [0.15, 0.2) is 24.3 Å². The fourth-order valence-corrected chi connectivity index (χ4v) is 5.89. The minimum atomic E-state index is -3.10. The zero-order valence-corrected chi connectivity index (χ0v) is 19.2. The number of carbonyl (C=O) groups excluding carboxylic acids is 3. The topological polar surface area (TPSA) is 119 Å². The summed E-state index contributed by atoms with van der Waals surface area (Å²) in [4.78, 5) is 38.4. The summed E-state index contributed by atoms with van der Waals surface area (Å²) >= 11 is 0. The van der Waals surface area contributed by atoms with E-state index in [1.165, 1.54) is 12.1 Å². The molecule has 0 radical (unpaired) electrons. The van der Waals surface area contributed by atoms with Crippen LogP contribution in [0.5, 0.6) is 5.75 Å². The van der Waals surface area contributed by atoms with E-state index in [-0.39, 0.29) is 41.7 Å². The number of nitrogens with zero attached hydrogens (tertiary/aromatic N) is 1. The van der Waals surface area contributed by atoms with Crippen molar-refractivity contribution in [2.75, 3.05) is 24.7 Å². The van der Waals surface area contributed by atoms with Crippen LogP contribution in [0.2, 0.25) is 0 Å². The van der Waals surface area contributed by atoms with E-state index in [1.807, 2.05) is 18.7 Å². The molecule has 2 fully saturated rings. The molecule has 32 heavy (non-hydrogen) atoms. The fraction of sp³-hybridized carbons (Fsp3) is 0.591. The minimum Gasteiger partial charge on any atom is -0.484 e. The molecule has 3 unspecified atom stereocenters. The summed E-state index contributed by atoms with van der Waals surface area (Å²) in [5.74, 6) is -0.875. The number of likely N-dealkylation sites (tertiary alicyclic amines) is 1. The molecule has 3 atom stereocenters. The lowest BCUT2D eigenvalue weighted by Crippen LogP contribution is -2.49. The Labute approximate surface area is 188 Å². The number of hydrogen-bond acceptors (Lipinski definition) is 7. The molecule has 9 nitrogen and oxygen atoms in total. The van der Waals surface area contributed by atoms with Crippen molar-refractivity contribution >= 4 is 27.6 Å².